The molecule has 1 saturated carbocycles. The zero-order valence-corrected chi connectivity index (χ0v) is 8.80. The minimum absolute atomic E-state index is 0.257. The highest BCUT2D eigenvalue weighted by Crippen LogP contribution is 2.25. The molecule has 1 unspecified atom stereocenters. The average Bonchev–Trinajstić information content (AvgIpc) is 2.33. The van der Waals surface area contributed by atoms with Crippen LogP contribution < -0.4 is 5.73 Å². The molecule has 2 N–H and O–H groups in total. The van der Waals surface area contributed by atoms with E-state index < -0.39 is 0 Å². The van der Waals surface area contributed by atoms with E-state index in [0.717, 1.165) is 18.9 Å². The van der Waals surface area contributed by atoms with E-state index >= 15 is 0 Å². The molecule has 0 aliphatic heterocycles. The first kappa shape index (κ1) is 11.0. The topological polar surface area (TPSA) is 35.2 Å². The molecule has 0 radical (unpaired) electrons. The quantitative estimate of drug-likeness (QED) is 0.682. The van der Waals surface area contributed by atoms with Crippen molar-refractivity contribution < 1.29 is 4.74 Å². The summed E-state index contributed by atoms with van der Waals surface area (Å²) in [6.45, 7) is 0.719. The van der Waals surface area contributed by atoms with Crippen molar-refractivity contribution in [1.29, 1.82) is 0 Å². The summed E-state index contributed by atoms with van der Waals surface area (Å²) in [5.41, 5.74) is 5.94. The first-order valence-corrected chi connectivity index (χ1v) is 5.57. The lowest BCUT2D eigenvalue weighted by Crippen LogP contribution is -2.28. The smallest absolute Gasteiger partial charge is 0.0613 e. The van der Waals surface area contributed by atoms with Crippen molar-refractivity contribution in [1.82, 2.24) is 0 Å². The van der Waals surface area contributed by atoms with E-state index in [0.29, 0.717) is 0 Å². The molecule has 0 bridgehead atoms. The van der Waals surface area contributed by atoms with Gasteiger partial charge in [-0.15, -0.1) is 0 Å². The maximum atomic E-state index is 5.94. The Balaban J connectivity index is 2.17. The Hall–Kier alpha value is -0.0800. The third-order valence-electron chi connectivity index (χ3n) is 2.99. The van der Waals surface area contributed by atoms with Crippen LogP contribution in [0.5, 0.6) is 0 Å². The van der Waals surface area contributed by atoms with Crippen molar-refractivity contribution in [3.63, 3.8) is 0 Å². The Morgan fingerprint density at radius 1 is 1.23 bits per heavy atom. The summed E-state index contributed by atoms with van der Waals surface area (Å²) in [7, 11) is 1.73. The van der Waals surface area contributed by atoms with E-state index in [2.05, 4.69) is 0 Å². The van der Waals surface area contributed by atoms with Gasteiger partial charge in [0.25, 0.3) is 0 Å². The number of hydrogen-bond acceptors (Lipinski definition) is 2. The fraction of sp³-hybridized carbons (Fsp3) is 1.00. The molecule has 1 aliphatic carbocycles. The molecule has 2 nitrogen and oxygen atoms in total. The van der Waals surface area contributed by atoms with Crippen LogP contribution in [-0.2, 0) is 4.74 Å². The maximum Gasteiger partial charge on any atom is 0.0613 e. The minimum Gasteiger partial charge on any atom is -0.383 e. The summed E-state index contributed by atoms with van der Waals surface area (Å²) in [4.78, 5) is 0. The van der Waals surface area contributed by atoms with E-state index in [1.807, 2.05) is 0 Å². The summed E-state index contributed by atoms with van der Waals surface area (Å²) in [6.07, 6.45) is 9.60. The largest absolute Gasteiger partial charge is 0.383 e. The molecule has 13 heavy (non-hydrogen) atoms. The SMILES string of the molecule is COCC(N)CC1CCCCCC1. The van der Waals surface area contributed by atoms with Gasteiger partial charge in [0.2, 0.25) is 0 Å². The van der Waals surface area contributed by atoms with Crippen molar-refractivity contribution >= 4 is 0 Å². The molecule has 0 aromatic heterocycles. The second-order valence-corrected chi connectivity index (χ2v) is 4.31. The van der Waals surface area contributed by atoms with Crippen LogP contribution >= 0.6 is 0 Å². The standard InChI is InChI=1S/C11H23NO/c1-13-9-11(12)8-10-6-4-2-3-5-7-10/h10-11H,2-9,12H2,1H3. The van der Waals surface area contributed by atoms with Crippen molar-refractivity contribution in [2.45, 2.75) is 51.0 Å². The minimum atomic E-state index is 0.257. The van der Waals surface area contributed by atoms with Gasteiger partial charge in [-0.3, -0.25) is 0 Å². The van der Waals surface area contributed by atoms with Gasteiger partial charge in [-0.05, 0) is 12.3 Å². The van der Waals surface area contributed by atoms with Gasteiger partial charge in [-0.1, -0.05) is 38.5 Å². The van der Waals surface area contributed by atoms with Crippen molar-refractivity contribution in [2.24, 2.45) is 11.7 Å². The van der Waals surface area contributed by atoms with Crippen LogP contribution in [0.15, 0.2) is 0 Å². The van der Waals surface area contributed by atoms with Gasteiger partial charge in [0.1, 0.15) is 0 Å². The van der Waals surface area contributed by atoms with Crippen LogP contribution in [-0.4, -0.2) is 19.8 Å². The van der Waals surface area contributed by atoms with Crippen LogP contribution in [0.2, 0.25) is 0 Å². The highest BCUT2D eigenvalue weighted by molar-refractivity contribution is 4.70. The Morgan fingerprint density at radius 2 is 1.85 bits per heavy atom. The molecule has 0 aromatic rings. The highest BCUT2D eigenvalue weighted by Gasteiger charge is 2.15. The first-order valence-electron chi connectivity index (χ1n) is 5.57. The molecular weight excluding hydrogens is 162 g/mol. The van der Waals surface area contributed by atoms with E-state index in [9.17, 15) is 0 Å². The van der Waals surface area contributed by atoms with Crippen LogP contribution in [0, 0.1) is 5.92 Å². The van der Waals surface area contributed by atoms with Gasteiger partial charge in [0.05, 0.1) is 6.61 Å². The van der Waals surface area contributed by atoms with Crippen LogP contribution in [0.25, 0.3) is 0 Å². The molecule has 1 atom stereocenters. The normalized spacial score (nSPS) is 22.6. The molecule has 2 heteroatoms. The second-order valence-electron chi connectivity index (χ2n) is 4.31. The van der Waals surface area contributed by atoms with Gasteiger partial charge in [0, 0.05) is 13.2 Å². The lowest BCUT2D eigenvalue weighted by molar-refractivity contribution is 0.167. The third-order valence-corrected chi connectivity index (χ3v) is 2.99. The average molecular weight is 185 g/mol. The number of methoxy groups -OCH3 is 1. The third kappa shape index (κ3) is 4.63. The Labute approximate surface area is 81.8 Å². The van der Waals surface area contributed by atoms with Crippen molar-refractivity contribution in [3.8, 4) is 0 Å². The zero-order valence-electron chi connectivity index (χ0n) is 8.80. The first-order chi connectivity index (χ1) is 6.33. The fourth-order valence-electron chi connectivity index (χ4n) is 2.31. The van der Waals surface area contributed by atoms with E-state index in [1.165, 1.54) is 38.5 Å². The monoisotopic (exact) mass is 185 g/mol. The molecule has 1 aliphatic rings. The number of ether oxygens (including phenoxy) is 1. The van der Waals surface area contributed by atoms with Crippen molar-refractivity contribution in [3.05, 3.63) is 0 Å². The van der Waals surface area contributed by atoms with E-state index in [4.69, 9.17) is 10.5 Å². The Morgan fingerprint density at radius 3 is 2.38 bits per heavy atom. The number of nitrogens with two attached hydrogens (primary N) is 1. The van der Waals surface area contributed by atoms with Crippen LogP contribution in [0.1, 0.15) is 44.9 Å². The summed E-state index contributed by atoms with van der Waals surface area (Å²) in [6, 6.07) is 0.257. The van der Waals surface area contributed by atoms with Gasteiger partial charge in [-0.2, -0.15) is 0 Å². The molecule has 0 aromatic carbocycles. The van der Waals surface area contributed by atoms with Gasteiger partial charge in [-0.25, -0.2) is 0 Å². The number of hydrogen-bond donors (Lipinski definition) is 1. The lowest BCUT2D eigenvalue weighted by Gasteiger charge is -2.18. The Kier molecular flexibility index (Phi) is 5.40. The molecule has 1 fully saturated rings. The summed E-state index contributed by atoms with van der Waals surface area (Å²) in [5, 5.41) is 0. The molecular formula is C11H23NO. The molecule has 1 rings (SSSR count). The lowest BCUT2D eigenvalue weighted by atomic mass is 9.93. The van der Waals surface area contributed by atoms with Crippen LogP contribution in [0.4, 0.5) is 0 Å². The van der Waals surface area contributed by atoms with E-state index in [-0.39, 0.29) is 6.04 Å². The van der Waals surface area contributed by atoms with Crippen LogP contribution in [0.3, 0.4) is 0 Å². The van der Waals surface area contributed by atoms with E-state index in [1.54, 1.807) is 7.11 Å². The predicted octanol–water partition coefficient (Wildman–Crippen LogP) is 2.32. The maximum absolute atomic E-state index is 5.94. The fourth-order valence-corrected chi connectivity index (χ4v) is 2.31. The molecule has 0 heterocycles. The van der Waals surface area contributed by atoms with Gasteiger partial charge < -0.3 is 10.5 Å². The zero-order chi connectivity index (χ0) is 9.52. The highest BCUT2D eigenvalue weighted by atomic mass is 16.5. The molecule has 0 saturated heterocycles. The summed E-state index contributed by atoms with van der Waals surface area (Å²) >= 11 is 0. The summed E-state index contributed by atoms with van der Waals surface area (Å²) in [5.74, 6) is 0.868. The van der Waals surface area contributed by atoms with Crippen molar-refractivity contribution in [2.75, 3.05) is 13.7 Å². The predicted molar refractivity (Wildman–Crippen MR) is 55.7 cm³/mol. The summed E-state index contributed by atoms with van der Waals surface area (Å²) < 4.78 is 5.05. The molecule has 0 amide bonds. The second kappa shape index (κ2) is 6.39. The Bertz CT molecular complexity index is 119. The van der Waals surface area contributed by atoms with Gasteiger partial charge >= 0.3 is 0 Å². The molecule has 0 spiro atoms. The van der Waals surface area contributed by atoms with Gasteiger partial charge in [0.15, 0.2) is 0 Å². The number of rotatable bonds is 4. The molecule has 78 valence electrons.